The lowest BCUT2D eigenvalue weighted by molar-refractivity contribution is 0.621. The Morgan fingerprint density at radius 2 is 2.40 bits per heavy atom. The van der Waals surface area contributed by atoms with Gasteiger partial charge in [0.15, 0.2) is 0 Å². The van der Waals surface area contributed by atoms with E-state index in [2.05, 4.69) is 36.3 Å². The van der Waals surface area contributed by atoms with Gasteiger partial charge in [0.25, 0.3) is 0 Å². The fourth-order valence-corrected chi connectivity index (χ4v) is 3.73. The average molecular weight is 237 g/mol. The van der Waals surface area contributed by atoms with Crippen molar-refractivity contribution in [2.45, 2.75) is 19.4 Å². The molecule has 1 nitrogen and oxygen atoms in total. The minimum absolute atomic E-state index is 0.314. The van der Waals surface area contributed by atoms with Crippen molar-refractivity contribution in [3.05, 3.63) is 35.0 Å². The molecule has 2 heterocycles. The maximum Gasteiger partial charge on any atom is 0.0598 e. The highest BCUT2D eigenvalue weighted by Crippen LogP contribution is 2.33. The van der Waals surface area contributed by atoms with E-state index in [0.717, 1.165) is 13.0 Å². The molecular formula is C12H15NS2. The molecule has 0 aliphatic heterocycles. The topological polar surface area (TPSA) is 12.0 Å². The molecule has 0 aliphatic carbocycles. The zero-order chi connectivity index (χ0) is 10.7. The lowest BCUT2D eigenvalue weighted by Gasteiger charge is -2.11. The summed E-state index contributed by atoms with van der Waals surface area (Å²) in [6, 6.07) is 4.78. The zero-order valence-electron chi connectivity index (χ0n) is 8.82. The monoisotopic (exact) mass is 237 g/mol. The molecule has 3 heteroatoms. The first-order valence-electron chi connectivity index (χ1n) is 5.18. The molecule has 0 aliphatic rings. The Morgan fingerprint density at radius 3 is 3.07 bits per heavy atom. The number of hydrogen-bond acceptors (Lipinski definition) is 3. The van der Waals surface area contributed by atoms with Crippen LogP contribution in [0.25, 0.3) is 9.40 Å². The molecule has 2 rings (SSSR count). The van der Waals surface area contributed by atoms with Crippen LogP contribution >= 0.6 is 22.7 Å². The molecule has 0 saturated heterocycles. The minimum atomic E-state index is 0.314. The van der Waals surface area contributed by atoms with Crippen molar-refractivity contribution in [3.8, 4) is 0 Å². The highest BCUT2D eigenvalue weighted by molar-refractivity contribution is 7.26. The van der Waals surface area contributed by atoms with Gasteiger partial charge in [0.2, 0.25) is 0 Å². The summed E-state index contributed by atoms with van der Waals surface area (Å²) in [7, 11) is 0. The minimum Gasteiger partial charge on any atom is -0.306 e. The van der Waals surface area contributed by atoms with E-state index in [1.54, 1.807) is 0 Å². The molecule has 1 atom stereocenters. The summed E-state index contributed by atoms with van der Waals surface area (Å²) >= 11 is 3.67. The van der Waals surface area contributed by atoms with E-state index in [-0.39, 0.29) is 0 Å². The molecule has 15 heavy (non-hydrogen) atoms. The first kappa shape index (κ1) is 10.9. The van der Waals surface area contributed by atoms with E-state index in [1.165, 1.54) is 14.3 Å². The highest BCUT2D eigenvalue weighted by atomic mass is 32.1. The molecule has 1 unspecified atom stereocenters. The molecule has 80 valence electrons. The van der Waals surface area contributed by atoms with Crippen LogP contribution in [-0.2, 0) is 0 Å². The van der Waals surface area contributed by atoms with Gasteiger partial charge in [0, 0.05) is 14.3 Å². The second kappa shape index (κ2) is 4.92. The van der Waals surface area contributed by atoms with E-state index in [1.807, 2.05) is 28.7 Å². The van der Waals surface area contributed by atoms with Gasteiger partial charge >= 0.3 is 0 Å². The standard InChI is InChI=1S/C12H15NS2/c1-3-6-13-9(4-2)11-8-12-10(15-11)5-7-14-12/h4-5,7-9,13H,2-3,6H2,1H3. The third-order valence-corrected chi connectivity index (χ3v) is 4.49. The van der Waals surface area contributed by atoms with Crippen LogP contribution in [-0.4, -0.2) is 6.54 Å². The van der Waals surface area contributed by atoms with Crippen LogP contribution in [0.1, 0.15) is 24.3 Å². The summed E-state index contributed by atoms with van der Waals surface area (Å²) in [5.74, 6) is 0. The van der Waals surface area contributed by atoms with Crippen LogP contribution in [0.5, 0.6) is 0 Å². The van der Waals surface area contributed by atoms with Crippen LogP contribution < -0.4 is 5.32 Å². The first-order chi connectivity index (χ1) is 7.35. The fraction of sp³-hybridized carbons (Fsp3) is 0.333. The molecule has 0 spiro atoms. The first-order valence-corrected chi connectivity index (χ1v) is 6.87. The summed E-state index contributed by atoms with van der Waals surface area (Å²) in [6.07, 6.45) is 3.15. The fourth-order valence-electron chi connectivity index (χ4n) is 1.54. The van der Waals surface area contributed by atoms with Crippen molar-refractivity contribution >= 4 is 32.1 Å². The Bertz CT molecular complexity index is 413. The van der Waals surface area contributed by atoms with Crippen molar-refractivity contribution in [1.29, 1.82) is 0 Å². The van der Waals surface area contributed by atoms with Gasteiger partial charge in [0.1, 0.15) is 0 Å². The number of hydrogen-bond donors (Lipinski definition) is 1. The Balaban J connectivity index is 2.20. The number of thiophene rings is 2. The second-order valence-electron chi connectivity index (χ2n) is 3.47. The van der Waals surface area contributed by atoms with Crippen LogP contribution in [0.15, 0.2) is 30.2 Å². The van der Waals surface area contributed by atoms with Crippen LogP contribution in [0.3, 0.4) is 0 Å². The van der Waals surface area contributed by atoms with Crippen LogP contribution in [0.2, 0.25) is 0 Å². The Kier molecular flexibility index (Phi) is 3.57. The summed E-state index contributed by atoms with van der Waals surface area (Å²) in [4.78, 5) is 1.38. The molecule has 0 fully saturated rings. The molecule has 0 saturated carbocycles. The van der Waals surface area contributed by atoms with E-state index in [4.69, 9.17) is 0 Å². The summed E-state index contributed by atoms with van der Waals surface area (Å²) in [6.45, 7) is 7.12. The molecule has 0 aromatic carbocycles. The maximum atomic E-state index is 3.89. The van der Waals surface area contributed by atoms with E-state index in [0.29, 0.717) is 6.04 Å². The quantitative estimate of drug-likeness (QED) is 0.769. The number of rotatable bonds is 5. The van der Waals surface area contributed by atoms with Gasteiger partial charge in [-0.3, -0.25) is 0 Å². The van der Waals surface area contributed by atoms with Crippen molar-refractivity contribution in [3.63, 3.8) is 0 Å². The smallest absolute Gasteiger partial charge is 0.0598 e. The van der Waals surface area contributed by atoms with Crippen molar-refractivity contribution in [1.82, 2.24) is 5.32 Å². The zero-order valence-corrected chi connectivity index (χ0v) is 10.5. The molecule has 0 radical (unpaired) electrons. The Labute approximate surface area is 98.4 Å². The molecule has 2 aromatic rings. The van der Waals surface area contributed by atoms with Gasteiger partial charge < -0.3 is 5.32 Å². The van der Waals surface area contributed by atoms with Crippen LogP contribution in [0, 0.1) is 0 Å². The Morgan fingerprint density at radius 1 is 1.53 bits per heavy atom. The summed E-state index contributed by atoms with van der Waals surface area (Å²) in [5.41, 5.74) is 0. The molecule has 0 amide bonds. The predicted molar refractivity (Wildman–Crippen MR) is 70.9 cm³/mol. The van der Waals surface area contributed by atoms with Gasteiger partial charge in [-0.05, 0) is 30.5 Å². The van der Waals surface area contributed by atoms with Gasteiger partial charge in [-0.15, -0.1) is 29.3 Å². The molecule has 1 N–H and O–H groups in total. The molecule has 0 bridgehead atoms. The second-order valence-corrected chi connectivity index (χ2v) is 5.53. The van der Waals surface area contributed by atoms with Crippen LogP contribution in [0.4, 0.5) is 0 Å². The SMILES string of the molecule is C=CC(NCCC)c1cc2sccc2s1. The van der Waals surface area contributed by atoms with Gasteiger partial charge in [0.05, 0.1) is 6.04 Å². The Hall–Kier alpha value is -0.640. The average Bonchev–Trinajstić information content (AvgIpc) is 2.79. The summed E-state index contributed by atoms with van der Waals surface area (Å²) < 4.78 is 2.78. The number of nitrogens with one attached hydrogen (secondary N) is 1. The molecular weight excluding hydrogens is 222 g/mol. The van der Waals surface area contributed by atoms with E-state index >= 15 is 0 Å². The third-order valence-electron chi connectivity index (χ3n) is 2.31. The molecule has 2 aromatic heterocycles. The summed E-state index contributed by atoms with van der Waals surface area (Å²) in [5, 5.41) is 5.63. The van der Waals surface area contributed by atoms with Crippen molar-refractivity contribution in [2.75, 3.05) is 6.54 Å². The predicted octanol–water partition coefficient (Wildman–Crippen LogP) is 4.19. The van der Waals surface area contributed by atoms with Crippen molar-refractivity contribution < 1.29 is 0 Å². The highest BCUT2D eigenvalue weighted by Gasteiger charge is 2.10. The van der Waals surface area contributed by atoms with Crippen molar-refractivity contribution in [2.24, 2.45) is 0 Å². The largest absolute Gasteiger partial charge is 0.306 e. The maximum absolute atomic E-state index is 3.89. The lowest BCUT2D eigenvalue weighted by atomic mass is 10.2. The normalized spacial score (nSPS) is 13.1. The number of fused-ring (bicyclic) bond motifs is 1. The van der Waals surface area contributed by atoms with Gasteiger partial charge in [-0.1, -0.05) is 13.0 Å². The van der Waals surface area contributed by atoms with E-state index in [9.17, 15) is 0 Å². The van der Waals surface area contributed by atoms with Gasteiger partial charge in [-0.2, -0.15) is 0 Å². The van der Waals surface area contributed by atoms with E-state index < -0.39 is 0 Å². The lowest BCUT2D eigenvalue weighted by Crippen LogP contribution is -2.19. The third kappa shape index (κ3) is 2.30. The van der Waals surface area contributed by atoms with Gasteiger partial charge in [-0.25, -0.2) is 0 Å².